The van der Waals surface area contributed by atoms with Gasteiger partial charge >= 0.3 is 5.97 Å². The monoisotopic (exact) mass is 519 g/mol. The summed E-state index contributed by atoms with van der Waals surface area (Å²) in [5, 5.41) is 13.7. The summed E-state index contributed by atoms with van der Waals surface area (Å²) in [5.41, 5.74) is 2.94. The third kappa shape index (κ3) is 4.68. The van der Waals surface area contributed by atoms with Crippen LogP contribution >= 0.6 is 15.9 Å². The lowest BCUT2D eigenvalue weighted by Gasteiger charge is -2.39. The summed E-state index contributed by atoms with van der Waals surface area (Å²) in [6.07, 6.45) is 2.79. The number of halogens is 1. The molecule has 0 saturated carbocycles. The number of Topliss-reactive ketones (excluding diaryl/α,β-unsaturated/α-hetero) is 1. The van der Waals surface area contributed by atoms with Crippen molar-refractivity contribution in [1.82, 2.24) is 5.32 Å². The van der Waals surface area contributed by atoms with Gasteiger partial charge in [-0.25, -0.2) is 4.79 Å². The summed E-state index contributed by atoms with van der Waals surface area (Å²) < 4.78 is 17.0. The lowest BCUT2D eigenvalue weighted by molar-refractivity contribution is -0.142. The number of carbonyl (C=O) groups is 2. The van der Waals surface area contributed by atoms with E-state index in [0.29, 0.717) is 46.3 Å². The third-order valence-electron chi connectivity index (χ3n) is 6.49. The number of aromatic hydroxyl groups is 1. The molecule has 33 heavy (non-hydrogen) atoms. The normalized spacial score (nSPS) is 24.5. The van der Waals surface area contributed by atoms with Gasteiger partial charge in [0, 0.05) is 35.9 Å². The fourth-order valence-electron chi connectivity index (χ4n) is 4.98. The predicted molar refractivity (Wildman–Crippen MR) is 126 cm³/mol. The number of hydrogen-bond acceptors (Lipinski definition) is 7. The topological polar surface area (TPSA) is 94.1 Å². The maximum absolute atomic E-state index is 13.4. The lowest BCUT2D eigenvalue weighted by Crippen LogP contribution is -2.39. The zero-order chi connectivity index (χ0) is 23.9. The first-order valence-electron chi connectivity index (χ1n) is 11.2. The molecule has 1 aliphatic carbocycles. The molecule has 2 atom stereocenters. The molecular weight excluding hydrogens is 490 g/mol. The summed E-state index contributed by atoms with van der Waals surface area (Å²) in [6.45, 7) is 6.82. The molecule has 2 heterocycles. The maximum atomic E-state index is 13.4. The number of ether oxygens (including phenoxy) is 3. The Hall–Kier alpha value is -2.32. The molecule has 1 fully saturated rings. The minimum Gasteiger partial charge on any atom is -0.503 e. The molecule has 7 nitrogen and oxygen atoms in total. The summed E-state index contributed by atoms with van der Waals surface area (Å²) >= 11 is 3.38. The highest BCUT2D eigenvalue weighted by atomic mass is 79.9. The van der Waals surface area contributed by atoms with Crippen molar-refractivity contribution >= 4 is 27.7 Å². The van der Waals surface area contributed by atoms with Gasteiger partial charge in [-0.3, -0.25) is 4.79 Å². The standard InChI is InChI=1S/C25H30BrNO6/c1-13-20(24(30)33-12-15-6-5-7-32-15)21(14-8-16(26)23(29)19(9-14)31-4)22-17(27-13)10-25(2,3)11-18(22)28/h8-9,15,21,27,29H,5-7,10-12H2,1-4H3/t15-,21+/m0/s1. The van der Waals surface area contributed by atoms with Crippen LogP contribution in [0.2, 0.25) is 0 Å². The third-order valence-corrected chi connectivity index (χ3v) is 7.09. The Morgan fingerprint density at radius 2 is 2.09 bits per heavy atom. The van der Waals surface area contributed by atoms with Crippen molar-refractivity contribution < 1.29 is 28.9 Å². The Morgan fingerprint density at radius 3 is 2.76 bits per heavy atom. The molecule has 1 aromatic carbocycles. The van der Waals surface area contributed by atoms with E-state index in [0.717, 1.165) is 18.5 Å². The van der Waals surface area contributed by atoms with Gasteiger partial charge in [0.15, 0.2) is 17.3 Å². The summed E-state index contributed by atoms with van der Waals surface area (Å²) in [7, 11) is 1.46. The zero-order valence-corrected chi connectivity index (χ0v) is 21.0. The van der Waals surface area contributed by atoms with E-state index in [1.807, 2.05) is 6.92 Å². The van der Waals surface area contributed by atoms with Crippen molar-refractivity contribution in [1.29, 1.82) is 0 Å². The van der Waals surface area contributed by atoms with E-state index in [1.165, 1.54) is 7.11 Å². The van der Waals surface area contributed by atoms with Crippen LogP contribution in [-0.4, -0.2) is 43.3 Å². The first-order chi connectivity index (χ1) is 15.6. The van der Waals surface area contributed by atoms with Crippen LogP contribution in [0.3, 0.4) is 0 Å². The Bertz CT molecular complexity index is 1050. The minimum atomic E-state index is -0.632. The van der Waals surface area contributed by atoms with Crippen molar-refractivity contribution in [3.8, 4) is 11.5 Å². The van der Waals surface area contributed by atoms with Crippen LogP contribution in [0.1, 0.15) is 57.9 Å². The van der Waals surface area contributed by atoms with Gasteiger partial charge in [-0.2, -0.15) is 0 Å². The van der Waals surface area contributed by atoms with Crippen LogP contribution in [0, 0.1) is 5.41 Å². The summed E-state index contributed by atoms with van der Waals surface area (Å²) in [6, 6.07) is 3.40. The second-order valence-electron chi connectivity index (χ2n) is 9.72. The molecule has 0 unspecified atom stereocenters. The van der Waals surface area contributed by atoms with Crippen LogP contribution in [0.15, 0.2) is 39.1 Å². The Kier molecular flexibility index (Phi) is 6.60. The molecule has 3 aliphatic rings. The molecule has 8 heteroatoms. The van der Waals surface area contributed by atoms with Crippen LogP contribution < -0.4 is 10.1 Å². The highest BCUT2D eigenvalue weighted by Gasteiger charge is 2.43. The number of carbonyl (C=O) groups excluding carboxylic acids is 2. The molecule has 1 saturated heterocycles. The van der Waals surface area contributed by atoms with Gasteiger partial charge in [0.2, 0.25) is 0 Å². The number of methoxy groups -OCH3 is 1. The van der Waals surface area contributed by atoms with E-state index in [4.69, 9.17) is 14.2 Å². The van der Waals surface area contributed by atoms with E-state index in [9.17, 15) is 14.7 Å². The van der Waals surface area contributed by atoms with Crippen LogP contribution in [0.25, 0.3) is 0 Å². The van der Waals surface area contributed by atoms with E-state index in [-0.39, 0.29) is 35.4 Å². The molecule has 2 N–H and O–H groups in total. The molecule has 0 bridgehead atoms. The number of esters is 1. The number of nitrogens with one attached hydrogen (secondary N) is 1. The van der Waals surface area contributed by atoms with E-state index >= 15 is 0 Å². The van der Waals surface area contributed by atoms with Crippen LogP contribution in [0.5, 0.6) is 11.5 Å². The maximum Gasteiger partial charge on any atom is 0.336 e. The van der Waals surface area contributed by atoms with Gasteiger partial charge in [-0.15, -0.1) is 0 Å². The highest BCUT2D eigenvalue weighted by molar-refractivity contribution is 9.10. The van der Waals surface area contributed by atoms with Gasteiger partial charge < -0.3 is 24.6 Å². The van der Waals surface area contributed by atoms with Gasteiger partial charge in [0.25, 0.3) is 0 Å². The molecule has 178 valence electrons. The van der Waals surface area contributed by atoms with E-state index in [2.05, 4.69) is 35.1 Å². The first-order valence-corrected chi connectivity index (χ1v) is 12.0. The number of hydrogen-bond donors (Lipinski definition) is 2. The number of phenols is 1. The molecule has 0 aromatic heterocycles. The number of allylic oxidation sites excluding steroid dienone is 3. The first kappa shape index (κ1) is 23.8. The number of ketones is 1. The SMILES string of the molecule is COc1cc([C@@H]2C(C(=O)OC[C@@H]3CCCO3)=C(C)NC3=C2C(=O)CC(C)(C)C3)cc(Br)c1O. The van der Waals surface area contributed by atoms with Gasteiger partial charge in [0.1, 0.15) is 6.61 Å². The van der Waals surface area contributed by atoms with Gasteiger partial charge in [0.05, 0.1) is 23.3 Å². The van der Waals surface area contributed by atoms with Crippen molar-refractivity contribution in [2.45, 2.75) is 58.5 Å². The number of rotatable bonds is 5. The molecule has 0 amide bonds. The minimum absolute atomic E-state index is 0.00107. The fourth-order valence-corrected chi connectivity index (χ4v) is 5.44. The van der Waals surface area contributed by atoms with Gasteiger partial charge in [-0.05, 0) is 65.2 Å². The predicted octanol–water partition coefficient (Wildman–Crippen LogP) is 4.49. The second kappa shape index (κ2) is 9.14. The Balaban J connectivity index is 1.79. The highest BCUT2D eigenvalue weighted by Crippen LogP contribution is 2.49. The fraction of sp³-hybridized carbons (Fsp3) is 0.520. The Labute approximate surface area is 202 Å². The van der Waals surface area contributed by atoms with Crippen molar-refractivity contribution in [2.75, 3.05) is 20.3 Å². The number of benzene rings is 1. The molecule has 0 radical (unpaired) electrons. The quantitative estimate of drug-likeness (QED) is 0.553. The van der Waals surface area contributed by atoms with Crippen molar-refractivity contribution in [3.63, 3.8) is 0 Å². The van der Waals surface area contributed by atoms with Crippen molar-refractivity contribution in [3.05, 3.63) is 44.7 Å². The van der Waals surface area contributed by atoms with Crippen LogP contribution in [-0.2, 0) is 19.1 Å². The lowest BCUT2D eigenvalue weighted by atomic mass is 9.68. The average molecular weight is 520 g/mol. The Morgan fingerprint density at radius 1 is 1.33 bits per heavy atom. The summed E-state index contributed by atoms with van der Waals surface area (Å²) in [5.74, 6) is -0.892. The average Bonchev–Trinajstić information content (AvgIpc) is 3.25. The van der Waals surface area contributed by atoms with E-state index in [1.54, 1.807) is 12.1 Å². The van der Waals surface area contributed by atoms with Gasteiger partial charge in [-0.1, -0.05) is 13.8 Å². The number of dihydropyridines is 1. The van der Waals surface area contributed by atoms with E-state index < -0.39 is 11.9 Å². The second-order valence-corrected chi connectivity index (χ2v) is 10.6. The van der Waals surface area contributed by atoms with Crippen LogP contribution in [0.4, 0.5) is 0 Å². The molecule has 4 rings (SSSR count). The molecular formula is C25H30BrNO6. The van der Waals surface area contributed by atoms with Crippen molar-refractivity contribution in [2.24, 2.45) is 5.41 Å². The summed E-state index contributed by atoms with van der Waals surface area (Å²) in [4.78, 5) is 26.8. The molecule has 2 aliphatic heterocycles. The molecule has 0 spiro atoms. The molecule has 1 aromatic rings. The smallest absolute Gasteiger partial charge is 0.336 e. The largest absolute Gasteiger partial charge is 0.503 e. The zero-order valence-electron chi connectivity index (χ0n) is 19.4. The number of phenolic OH excluding ortho intramolecular Hbond substituents is 1.